The van der Waals surface area contributed by atoms with Crippen LogP contribution in [0.4, 0.5) is 0 Å². The van der Waals surface area contributed by atoms with Gasteiger partial charge in [-0.25, -0.2) is 0 Å². The van der Waals surface area contributed by atoms with Crippen LogP contribution in [-0.2, 0) is 9.59 Å². The Bertz CT molecular complexity index is 304. The molecule has 0 spiro atoms. The van der Waals surface area contributed by atoms with Crippen LogP contribution in [0.15, 0.2) is 0 Å². The van der Waals surface area contributed by atoms with Crippen LogP contribution in [0.25, 0.3) is 0 Å². The molecule has 2 atom stereocenters. The van der Waals surface area contributed by atoms with Gasteiger partial charge in [-0.1, -0.05) is 7.43 Å². The van der Waals surface area contributed by atoms with Crippen LogP contribution in [0, 0.1) is 0 Å². The van der Waals surface area contributed by atoms with E-state index in [4.69, 9.17) is 0 Å². The van der Waals surface area contributed by atoms with Crippen LogP contribution >= 0.6 is 0 Å². The van der Waals surface area contributed by atoms with Gasteiger partial charge in [0.1, 0.15) is 0 Å². The molecule has 17 heavy (non-hydrogen) atoms. The quantitative estimate of drug-likeness (QED) is 0.730. The van der Waals surface area contributed by atoms with E-state index in [9.17, 15) is 9.59 Å². The van der Waals surface area contributed by atoms with Crippen LogP contribution in [-0.4, -0.2) is 53.7 Å². The molecular weight excluding hydrogens is 216 g/mol. The summed E-state index contributed by atoms with van der Waals surface area (Å²) in [6.45, 7) is 3.34. The Morgan fingerprint density at radius 3 is 2.18 bits per heavy atom. The molecule has 2 saturated heterocycles. The average Bonchev–Trinajstić information content (AvgIpc) is 2.84. The van der Waals surface area contributed by atoms with E-state index in [1.807, 2.05) is 7.05 Å². The van der Waals surface area contributed by atoms with Gasteiger partial charge in [-0.15, -0.1) is 0 Å². The van der Waals surface area contributed by atoms with Gasteiger partial charge in [0, 0.05) is 6.54 Å². The van der Waals surface area contributed by atoms with Crippen molar-refractivity contribution >= 4 is 11.7 Å². The molecule has 2 aliphatic heterocycles. The standard InChI is InChI=1S/C12H20N2O2.CH4/c1-9(15)10-5-4-8-14(10)12(16)11-6-3-7-13(11)2;/h10-11H,3-8H2,1-2H3;1H4. The molecule has 0 radical (unpaired) electrons. The molecule has 4 nitrogen and oxygen atoms in total. The summed E-state index contributed by atoms with van der Waals surface area (Å²) in [5.41, 5.74) is 0. The molecule has 2 unspecified atom stereocenters. The maximum atomic E-state index is 12.3. The molecule has 0 aromatic carbocycles. The molecule has 4 heteroatoms. The van der Waals surface area contributed by atoms with E-state index in [1.54, 1.807) is 11.8 Å². The molecule has 1 amide bonds. The summed E-state index contributed by atoms with van der Waals surface area (Å²) in [6.07, 6.45) is 3.84. The van der Waals surface area contributed by atoms with Gasteiger partial charge in [0.05, 0.1) is 12.1 Å². The molecule has 2 aliphatic rings. The lowest BCUT2D eigenvalue weighted by atomic mass is 10.1. The van der Waals surface area contributed by atoms with Crippen molar-refractivity contribution in [2.75, 3.05) is 20.1 Å². The molecule has 0 N–H and O–H groups in total. The highest BCUT2D eigenvalue weighted by atomic mass is 16.2. The van der Waals surface area contributed by atoms with E-state index in [-0.39, 0.29) is 31.2 Å². The largest absolute Gasteiger partial charge is 0.331 e. The van der Waals surface area contributed by atoms with E-state index in [0.29, 0.717) is 0 Å². The van der Waals surface area contributed by atoms with E-state index < -0.39 is 0 Å². The van der Waals surface area contributed by atoms with Gasteiger partial charge >= 0.3 is 0 Å². The number of carbonyl (C=O) groups excluding carboxylic acids is 2. The van der Waals surface area contributed by atoms with E-state index >= 15 is 0 Å². The fourth-order valence-corrected chi connectivity index (χ4v) is 2.87. The normalized spacial score (nSPS) is 29.2. The number of carbonyl (C=O) groups is 2. The van der Waals surface area contributed by atoms with Crippen LogP contribution in [0.2, 0.25) is 0 Å². The molecule has 98 valence electrons. The first-order valence-corrected chi connectivity index (χ1v) is 6.12. The third kappa shape index (κ3) is 2.68. The fraction of sp³-hybridized carbons (Fsp3) is 0.846. The molecule has 0 saturated carbocycles. The average molecular weight is 240 g/mol. The highest BCUT2D eigenvalue weighted by molar-refractivity contribution is 5.90. The van der Waals surface area contributed by atoms with Crippen LogP contribution < -0.4 is 0 Å². The lowest BCUT2D eigenvalue weighted by molar-refractivity contribution is -0.140. The SMILES string of the molecule is C.CC(=O)C1CCCN1C(=O)C1CCCN1C. The van der Waals surface area contributed by atoms with Crippen molar-refractivity contribution in [3.63, 3.8) is 0 Å². The molecule has 2 fully saturated rings. The molecule has 0 aromatic rings. The summed E-state index contributed by atoms with van der Waals surface area (Å²) < 4.78 is 0. The predicted molar refractivity (Wildman–Crippen MR) is 67.8 cm³/mol. The van der Waals surface area contributed by atoms with Gasteiger partial charge < -0.3 is 4.90 Å². The molecule has 2 heterocycles. The smallest absolute Gasteiger partial charge is 0.240 e. The Balaban J connectivity index is 0.00000144. The number of Topliss-reactive ketones (excluding diaryl/α,β-unsaturated/α-hetero) is 1. The van der Waals surface area contributed by atoms with Gasteiger partial charge in [-0.05, 0) is 46.2 Å². The number of hydrogen-bond acceptors (Lipinski definition) is 3. The minimum absolute atomic E-state index is 0. The first-order valence-electron chi connectivity index (χ1n) is 6.12. The lowest BCUT2D eigenvalue weighted by Crippen LogP contribution is -2.48. The molecule has 0 bridgehead atoms. The van der Waals surface area contributed by atoms with Gasteiger partial charge in [-0.2, -0.15) is 0 Å². The molecule has 0 aliphatic carbocycles. The molecule has 0 aromatic heterocycles. The highest BCUT2D eigenvalue weighted by Crippen LogP contribution is 2.23. The van der Waals surface area contributed by atoms with Crippen LogP contribution in [0.3, 0.4) is 0 Å². The number of likely N-dealkylation sites (tertiary alicyclic amines) is 2. The number of ketones is 1. The van der Waals surface area contributed by atoms with E-state index in [1.165, 1.54) is 0 Å². The fourth-order valence-electron chi connectivity index (χ4n) is 2.87. The van der Waals surface area contributed by atoms with Crippen LogP contribution in [0.5, 0.6) is 0 Å². The summed E-state index contributed by atoms with van der Waals surface area (Å²) in [4.78, 5) is 27.7. The van der Waals surface area contributed by atoms with Crippen molar-refractivity contribution in [2.45, 2.75) is 52.1 Å². The topological polar surface area (TPSA) is 40.6 Å². The minimum atomic E-state index is -0.151. The zero-order valence-electron chi connectivity index (χ0n) is 10.1. The monoisotopic (exact) mass is 240 g/mol. The summed E-state index contributed by atoms with van der Waals surface area (Å²) in [5, 5.41) is 0. The Kier molecular flexibility index (Phi) is 4.69. The first kappa shape index (κ1) is 14.2. The third-order valence-electron chi connectivity index (χ3n) is 3.81. The number of rotatable bonds is 2. The van der Waals surface area contributed by atoms with Crippen molar-refractivity contribution in [3.05, 3.63) is 0 Å². The second kappa shape index (κ2) is 5.63. The van der Waals surface area contributed by atoms with Gasteiger partial charge in [-0.3, -0.25) is 14.5 Å². The molecular formula is C13H24N2O2. The Morgan fingerprint density at radius 2 is 1.65 bits per heavy atom. The van der Waals surface area contributed by atoms with Crippen molar-refractivity contribution in [1.82, 2.24) is 9.80 Å². The van der Waals surface area contributed by atoms with Gasteiger partial charge in [0.2, 0.25) is 5.91 Å². The Morgan fingerprint density at radius 1 is 1.06 bits per heavy atom. The molecule has 2 rings (SSSR count). The number of nitrogens with zero attached hydrogens (tertiary/aromatic N) is 2. The third-order valence-corrected chi connectivity index (χ3v) is 3.81. The van der Waals surface area contributed by atoms with Crippen molar-refractivity contribution < 1.29 is 9.59 Å². The number of hydrogen-bond donors (Lipinski definition) is 0. The summed E-state index contributed by atoms with van der Waals surface area (Å²) in [6, 6.07) is -0.138. The Labute approximate surface area is 104 Å². The zero-order valence-corrected chi connectivity index (χ0v) is 10.1. The van der Waals surface area contributed by atoms with Crippen molar-refractivity contribution in [3.8, 4) is 0 Å². The van der Waals surface area contributed by atoms with E-state index in [0.717, 1.165) is 38.8 Å². The first-order chi connectivity index (χ1) is 7.61. The van der Waals surface area contributed by atoms with Crippen LogP contribution in [0.1, 0.15) is 40.0 Å². The summed E-state index contributed by atoms with van der Waals surface area (Å²) >= 11 is 0. The van der Waals surface area contributed by atoms with Gasteiger partial charge in [0.25, 0.3) is 0 Å². The number of likely N-dealkylation sites (N-methyl/N-ethyl adjacent to an activating group) is 1. The lowest BCUT2D eigenvalue weighted by Gasteiger charge is -2.28. The second-order valence-corrected chi connectivity index (χ2v) is 4.94. The zero-order chi connectivity index (χ0) is 11.7. The Hall–Kier alpha value is -0.900. The van der Waals surface area contributed by atoms with E-state index in [2.05, 4.69) is 4.90 Å². The highest BCUT2D eigenvalue weighted by Gasteiger charge is 2.38. The maximum Gasteiger partial charge on any atom is 0.240 e. The van der Waals surface area contributed by atoms with Crippen molar-refractivity contribution in [2.24, 2.45) is 0 Å². The summed E-state index contributed by atoms with van der Waals surface area (Å²) in [7, 11) is 1.99. The summed E-state index contributed by atoms with van der Waals surface area (Å²) in [5.74, 6) is 0.296. The predicted octanol–water partition coefficient (Wildman–Crippen LogP) is 1.30. The van der Waals surface area contributed by atoms with Gasteiger partial charge in [0.15, 0.2) is 5.78 Å². The maximum absolute atomic E-state index is 12.3. The second-order valence-electron chi connectivity index (χ2n) is 4.94. The minimum Gasteiger partial charge on any atom is -0.331 e. The van der Waals surface area contributed by atoms with Crippen molar-refractivity contribution in [1.29, 1.82) is 0 Å². The number of amides is 1.